The van der Waals surface area contributed by atoms with E-state index in [0.717, 1.165) is 43.9 Å². The molecule has 0 aliphatic carbocycles. The number of anilines is 1. The normalized spacial score (nSPS) is 15.8. The number of ether oxygens (including phenoxy) is 1. The van der Waals surface area contributed by atoms with Crippen LogP contribution in [0.3, 0.4) is 0 Å². The number of rotatable bonds is 5. The first-order valence-corrected chi connectivity index (χ1v) is 7.68. The lowest BCUT2D eigenvalue weighted by molar-refractivity contribution is 0.0848. The molecular formula is C17H22ClNO2. The topological polar surface area (TPSA) is 29.5 Å². The Morgan fingerprint density at radius 1 is 1.48 bits per heavy atom. The van der Waals surface area contributed by atoms with Crippen LogP contribution < -0.4 is 4.90 Å². The van der Waals surface area contributed by atoms with Crippen LogP contribution >= 0.6 is 11.6 Å². The molecule has 0 aromatic heterocycles. The minimum atomic E-state index is 0.0433. The summed E-state index contributed by atoms with van der Waals surface area (Å²) in [6.45, 7) is 9.71. The molecule has 1 saturated heterocycles. The van der Waals surface area contributed by atoms with Crippen molar-refractivity contribution in [1.29, 1.82) is 0 Å². The van der Waals surface area contributed by atoms with Gasteiger partial charge < -0.3 is 9.64 Å². The van der Waals surface area contributed by atoms with E-state index in [1.807, 2.05) is 19.1 Å². The van der Waals surface area contributed by atoms with Crippen LogP contribution in [0, 0.1) is 6.92 Å². The van der Waals surface area contributed by atoms with Gasteiger partial charge in [-0.15, -0.1) is 6.58 Å². The monoisotopic (exact) mass is 307 g/mol. The molecule has 21 heavy (non-hydrogen) atoms. The van der Waals surface area contributed by atoms with Gasteiger partial charge in [0.15, 0.2) is 5.78 Å². The molecule has 0 saturated carbocycles. The number of nitrogens with zero attached hydrogens (tertiary/aromatic N) is 1. The zero-order chi connectivity index (χ0) is 15.4. The molecule has 114 valence electrons. The predicted molar refractivity (Wildman–Crippen MR) is 87.6 cm³/mol. The summed E-state index contributed by atoms with van der Waals surface area (Å²) in [4.78, 5) is 14.1. The van der Waals surface area contributed by atoms with Crippen molar-refractivity contribution < 1.29 is 9.53 Å². The summed E-state index contributed by atoms with van der Waals surface area (Å²) in [7, 11) is 0. The fourth-order valence-electron chi connectivity index (χ4n) is 2.91. The number of ketones is 1. The van der Waals surface area contributed by atoms with E-state index in [-0.39, 0.29) is 5.78 Å². The van der Waals surface area contributed by atoms with E-state index in [0.29, 0.717) is 16.6 Å². The van der Waals surface area contributed by atoms with Gasteiger partial charge >= 0.3 is 0 Å². The van der Waals surface area contributed by atoms with Crippen molar-refractivity contribution in [2.45, 2.75) is 32.7 Å². The van der Waals surface area contributed by atoms with Crippen molar-refractivity contribution in [2.24, 2.45) is 0 Å². The molecule has 0 N–H and O–H groups in total. The van der Waals surface area contributed by atoms with Gasteiger partial charge in [0, 0.05) is 42.1 Å². The molecule has 0 amide bonds. The minimum Gasteiger partial charge on any atom is -0.381 e. The summed E-state index contributed by atoms with van der Waals surface area (Å²) >= 11 is 6.22. The highest BCUT2D eigenvalue weighted by Crippen LogP contribution is 2.31. The number of Topliss-reactive ketones (excluding diaryl/α,β-unsaturated/α-hetero) is 1. The molecule has 0 unspecified atom stereocenters. The lowest BCUT2D eigenvalue weighted by atomic mass is 9.99. The predicted octanol–water partition coefficient (Wildman–Crippen LogP) is 4.02. The van der Waals surface area contributed by atoms with E-state index in [4.69, 9.17) is 16.3 Å². The van der Waals surface area contributed by atoms with Crippen LogP contribution in [0.2, 0.25) is 5.02 Å². The van der Waals surface area contributed by atoms with Crippen molar-refractivity contribution in [2.75, 3.05) is 24.7 Å². The first-order chi connectivity index (χ1) is 10.0. The van der Waals surface area contributed by atoms with Crippen LogP contribution in [0.15, 0.2) is 24.8 Å². The maximum atomic E-state index is 11.8. The van der Waals surface area contributed by atoms with Crippen molar-refractivity contribution >= 4 is 23.1 Å². The van der Waals surface area contributed by atoms with Crippen LogP contribution in [0.5, 0.6) is 0 Å². The van der Waals surface area contributed by atoms with Crippen LogP contribution in [-0.4, -0.2) is 31.6 Å². The first kappa shape index (κ1) is 16.1. The van der Waals surface area contributed by atoms with Crippen molar-refractivity contribution in [1.82, 2.24) is 0 Å². The van der Waals surface area contributed by atoms with Crippen LogP contribution in [-0.2, 0) is 4.74 Å². The van der Waals surface area contributed by atoms with Gasteiger partial charge in [-0.25, -0.2) is 0 Å². The van der Waals surface area contributed by atoms with Gasteiger partial charge in [-0.1, -0.05) is 17.7 Å². The third kappa shape index (κ3) is 3.66. The second-order valence-corrected chi connectivity index (χ2v) is 5.87. The van der Waals surface area contributed by atoms with E-state index in [9.17, 15) is 4.79 Å². The summed E-state index contributed by atoms with van der Waals surface area (Å²) in [6.07, 6.45) is 3.85. The summed E-state index contributed by atoms with van der Waals surface area (Å²) in [5, 5.41) is 0.599. The van der Waals surface area contributed by atoms with Gasteiger partial charge in [0.1, 0.15) is 0 Å². The van der Waals surface area contributed by atoms with Crippen LogP contribution in [0.4, 0.5) is 5.69 Å². The molecule has 0 radical (unpaired) electrons. The van der Waals surface area contributed by atoms with E-state index >= 15 is 0 Å². The lowest BCUT2D eigenvalue weighted by Gasteiger charge is -2.36. The zero-order valence-electron chi connectivity index (χ0n) is 12.7. The number of carbonyl (C=O) groups is 1. The van der Waals surface area contributed by atoms with Gasteiger partial charge in [0.05, 0.1) is 0 Å². The third-order valence-electron chi connectivity index (χ3n) is 3.99. The van der Waals surface area contributed by atoms with E-state index in [1.54, 1.807) is 13.0 Å². The first-order valence-electron chi connectivity index (χ1n) is 7.31. The van der Waals surface area contributed by atoms with E-state index in [1.165, 1.54) is 0 Å². The maximum absolute atomic E-state index is 11.8. The molecule has 0 bridgehead atoms. The summed E-state index contributed by atoms with van der Waals surface area (Å²) in [5.74, 6) is 0.0433. The number of halogens is 1. The lowest BCUT2D eigenvalue weighted by Crippen LogP contribution is -2.40. The largest absolute Gasteiger partial charge is 0.381 e. The highest BCUT2D eigenvalue weighted by molar-refractivity contribution is 6.31. The quantitative estimate of drug-likeness (QED) is 0.608. The molecule has 0 atom stereocenters. The van der Waals surface area contributed by atoms with Crippen molar-refractivity contribution in [3.8, 4) is 0 Å². The molecule has 4 heteroatoms. The molecule has 1 aliphatic rings. The molecule has 1 fully saturated rings. The SMILES string of the molecule is C=CCN(c1cc(Cl)cc(C(C)=O)c1C)C1CCOCC1. The van der Waals surface area contributed by atoms with Crippen LogP contribution in [0.1, 0.15) is 35.7 Å². The van der Waals surface area contributed by atoms with E-state index < -0.39 is 0 Å². The molecule has 1 aromatic carbocycles. The molecular weight excluding hydrogens is 286 g/mol. The molecule has 1 aromatic rings. The Labute approximate surface area is 131 Å². The fraction of sp³-hybridized carbons (Fsp3) is 0.471. The third-order valence-corrected chi connectivity index (χ3v) is 4.21. The number of carbonyl (C=O) groups excluding carboxylic acids is 1. The smallest absolute Gasteiger partial charge is 0.160 e. The Kier molecular flexibility index (Phi) is 5.43. The fourth-order valence-corrected chi connectivity index (χ4v) is 3.12. The number of benzene rings is 1. The van der Waals surface area contributed by atoms with E-state index in [2.05, 4.69) is 11.5 Å². The average molecular weight is 308 g/mol. The van der Waals surface area contributed by atoms with Crippen molar-refractivity contribution in [3.05, 3.63) is 40.9 Å². The average Bonchev–Trinajstić information content (AvgIpc) is 2.47. The number of hydrogen-bond acceptors (Lipinski definition) is 3. The minimum absolute atomic E-state index is 0.0433. The highest BCUT2D eigenvalue weighted by atomic mass is 35.5. The molecule has 2 rings (SSSR count). The standard InChI is InChI=1S/C17H22ClNO2/c1-4-7-19(15-5-8-21-9-6-15)17-11-14(18)10-16(12(17)2)13(3)20/h4,10-11,15H,1,5-9H2,2-3H3. The number of hydrogen-bond donors (Lipinski definition) is 0. The summed E-state index contributed by atoms with van der Waals surface area (Å²) in [5.41, 5.74) is 2.71. The molecule has 1 heterocycles. The zero-order valence-corrected chi connectivity index (χ0v) is 13.4. The molecule has 0 spiro atoms. The Morgan fingerprint density at radius 3 is 2.71 bits per heavy atom. The van der Waals surface area contributed by atoms with Gasteiger partial charge in [-0.2, -0.15) is 0 Å². The second kappa shape index (κ2) is 7.10. The molecule has 3 nitrogen and oxygen atoms in total. The Bertz CT molecular complexity index is 536. The summed E-state index contributed by atoms with van der Waals surface area (Å²) < 4.78 is 5.45. The Balaban J connectivity index is 2.43. The van der Waals surface area contributed by atoms with Crippen molar-refractivity contribution in [3.63, 3.8) is 0 Å². The van der Waals surface area contributed by atoms with Gasteiger partial charge in [-0.3, -0.25) is 4.79 Å². The van der Waals surface area contributed by atoms with Gasteiger partial charge in [0.25, 0.3) is 0 Å². The summed E-state index contributed by atoms with van der Waals surface area (Å²) in [6, 6.07) is 4.09. The Morgan fingerprint density at radius 2 is 2.14 bits per heavy atom. The van der Waals surface area contributed by atoms with Gasteiger partial charge in [0.2, 0.25) is 0 Å². The highest BCUT2D eigenvalue weighted by Gasteiger charge is 2.24. The van der Waals surface area contributed by atoms with Crippen LogP contribution in [0.25, 0.3) is 0 Å². The second-order valence-electron chi connectivity index (χ2n) is 5.44. The maximum Gasteiger partial charge on any atom is 0.160 e. The molecule has 1 aliphatic heterocycles. The Hall–Kier alpha value is -1.32. The van der Waals surface area contributed by atoms with Gasteiger partial charge in [-0.05, 0) is 44.4 Å².